The van der Waals surface area contributed by atoms with Crippen molar-refractivity contribution in [3.05, 3.63) is 71.8 Å². The highest BCUT2D eigenvalue weighted by Crippen LogP contribution is 2.35. The first-order valence-electron chi connectivity index (χ1n) is 9.16. The van der Waals surface area contributed by atoms with Gasteiger partial charge in [0, 0.05) is 13.5 Å². The van der Waals surface area contributed by atoms with Gasteiger partial charge in [-0.15, -0.1) is 0 Å². The quantitative estimate of drug-likeness (QED) is 0.807. The highest BCUT2D eigenvalue weighted by molar-refractivity contribution is 5.97. The molecular weight excluding hydrogens is 324 g/mol. The molecule has 3 rings (SSSR count). The SMILES string of the molecule is C[C@H](CC(=O)N1C(=O)N(C)[C@@H](C)[C@H]1c1ccccc1)Cc1ccccc1. The average molecular weight is 350 g/mol. The Balaban J connectivity index is 1.76. The molecule has 136 valence electrons. The number of urea groups is 1. The van der Waals surface area contributed by atoms with Crippen LogP contribution in [0.15, 0.2) is 60.7 Å². The summed E-state index contributed by atoms with van der Waals surface area (Å²) in [6, 6.07) is 19.5. The van der Waals surface area contributed by atoms with Gasteiger partial charge in [-0.1, -0.05) is 67.6 Å². The van der Waals surface area contributed by atoms with Crippen LogP contribution >= 0.6 is 0 Å². The minimum absolute atomic E-state index is 0.0433. The van der Waals surface area contributed by atoms with Gasteiger partial charge >= 0.3 is 6.03 Å². The molecule has 0 bridgehead atoms. The van der Waals surface area contributed by atoms with Gasteiger partial charge in [-0.3, -0.25) is 9.69 Å². The third-order valence-electron chi connectivity index (χ3n) is 5.21. The van der Waals surface area contributed by atoms with Crippen LogP contribution in [-0.4, -0.2) is 34.8 Å². The molecule has 26 heavy (non-hydrogen) atoms. The zero-order chi connectivity index (χ0) is 18.7. The highest BCUT2D eigenvalue weighted by atomic mass is 16.2. The summed E-state index contributed by atoms with van der Waals surface area (Å²) in [6.07, 6.45) is 1.19. The van der Waals surface area contributed by atoms with E-state index in [4.69, 9.17) is 0 Å². The number of imide groups is 1. The van der Waals surface area contributed by atoms with Gasteiger partial charge in [0.25, 0.3) is 0 Å². The van der Waals surface area contributed by atoms with Gasteiger partial charge in [-0.05, 0) is 30.4 Å². The van der Waals surface area contributed by atoms with Crippen LogP contribution in [0.2, 0.25) is 0 Å². The molecule has 1 aliphatic rings. The van der Waals surface area contributed by atoms with Crippen LogP contribution in [0, 0.1) is 5.92 Å². The molecule has 1 saturated heterocycles. The fourth-order valence-corrected chi connectivity index (χ4v) is 3.72. The molecule has 3 atom stereocenters. The third kappa shape index (κ3) is 3.64. The summed E-state index contributed by atoms with van der Waals surface area (Å²) < 4.78 is 0. The number of carbonyl (C=O) groups is 2. The summed E-state index contributed by atoms with van der Waals surface area (Å²) in [5.74, 6) is 0.0822. The number of likely N-dealkylation sites (N-methyl/N-ethyl adjacent to an activating group) is 1. The van der Waals surface area contributed by atoms with Crippen molar-refractivity contribution >= 4 is 11.9 Å². The predicted molar refractivity (Wildman–Crippen MR) is 103 cm³/mol. The first-order valence-corrected chi connectivity index (χ1v) is 9.16. The van der Waals surface area contributed by atoms with Gasteiger partial charge < -0.3 is 4.90 Å². The zero-order valence-corrected chi connectivity index (χ0v) is 15.6. The molecule has 0 aromatic heterocycles. The van der Waals surface area contributed by atoms with Gasteiger partial charge in [0.1, 0.15) is 0 Å². The molecule has 0 N–H and O–H groups in total. The monoisotopic (exact) mass is 350 g/mol. The van der Waals surface area contributed by atoms with Crippen molar-refractivity contribution in [3.8, 4) is 0 Å². The van der Waals surface area contributed by atoms with E-state index in [1.54, 1.807) is 11.9 Å². The van der Waals surface area contributed by atoms with Gasteiger partial charge in [0.2, 0.25) is 5.91 Å². The molecule has 0 radical (unpaired) electrons. The minimum Gasteiger partial charge on any atom is -0.322 e. The predicted octanol–water partition coefficient (Wildman–Crippen LogP) is 4.28. The fraction of sp³-hybridized carbons (Fsp3) is 0.364. The summed E-state index contributed by atoms with van der Waals surface area (Å²) in [5, 5.41) is 0. The Kier molecular flexibility index (Phi) is 5.40. The second-order valence-electron chi connectivity index (χ2n) is 7.25. The second kappa shape index (κ2) is 7.73. The van der Waals surface area contributed by atoms with Crippen molar-refractivity contribution < 1.29 is 9.59 Å². The van der Waals surface area contributed by atoms with Crippen LogP contribution in [0.25, 0.3) is 0 Å². The van der Waals surface area contributed by atoms with E-state index in [1.165, 1.54) is 10.5 Å². The van der Waals surface area contributed by atoms with E-state index in [0.29, 0.717) is 6.42 Å². The Labute approximate surface area is 155 Å². The van der Waals surface area contributed by atoms with E-state index in [1.807, 2.05) is 55.5 Å². The van der Waals surface area contributed by atoms with Gasteiger partial charge in [-0.25, -0.2) is 4.79 Å². The lowest BCUT2D eigenvalue weighted by Gasteiger charge is -2.25. The minimum atomic E-state index is -0.231. The van der Waals surface area contributed by atoms with Crippen LogP contribution in [0.4, 0.5) is 4.79 Å². The molecule has 3 amide bonds. The lowest BCUT2D eigenvalue weighted by atomic mass is 9.96. The van der Waals surface area contributed by atoms with Crippen LogP contribution in [0.3, 0.4) is 0 Å². The van der Waals surface area contributed by atoms with E-state index in [9.17, 15) is 9.59 Å². The molecule has 1 heterocycles. The molecule has 4 heteroatoms. The van der Waals surface area contributed by atoms with Crippen LogP contribution < -0.4 is 0 Å². The van der Waals surface area contributed by atoms with E-state index >= 15 is 0 Å². The Bertz CT molecular complexity index is 760. The van der Waals surface area contributed by atoms with Crippen molar-refractivity contribution in [2.24, 2.45) is 5.92 Å². The maximum absolute atomic E-state index is 13.0. The summed E-state index contributed by atoms with van der Waals surface area (Å²) in [6.45, 7) is 4.06. The Morgan fingerprint density at radius 3 is 2.23 bits per heavy atom. The molecule has 2 aromatic carbocycles. The zero-order valence-electron chi connectivity index (χ0n) is 15.6. The lowest BCUT2D eigenvalue weighted by Crippen LogP contribution is -2.37. The number of benzene rings is 2. The molecule has 0 unspecified atom stereocenters. The fourth-order valence-electron chi connectivity index (χ4n) is 3.72. The molecule has 4 nitrogen and oxygen atoms in total. The molecule has 0 aliphatic carbocycles. The summed E-state index contributed by atoms with van der Waals surface area (Å²) in [5.41, 5.74) is 2.22. The van der Waals surface area contributed by atoms with Crippen molar-refractivity contribution in [2.75, 3.05) is 7.05 Å². The third-order valence-corrected chi connectivity index (χ3v) is 5.21. The Morgan fingerprint density at radius 1 is 1.04 bits per heavy atom. The van der Waals surface area contributed by atoms with Crippen molar-refractivity contribution in [3.63, 3.8) is 0 Å². The summed E-state index contributed by atoms with van der Waals surface area (Å²) in [4.78, 5) is 28.8. The Hall–Kier alpha value is -2.62. The van der Waals surface area contributed by atoms with Crippen LogP contribution in [0.5, 0.6) is 0 Å². The normalized spacial score (nSPS) is 21.1. The number of hydrogen-bond acceptors (Lipinski definition) is 2. The van der Waals surface area contributed by atoms with Gasteiger partial charge in [0.05, 0.1) is 12.1 Å². The van der Waals surface area contributed by atoms with Crippen molar-refractivity contribution in [1.82, 2.24) is 9.80 Å². The molecule has 0 spiro atoms. The second-order valence-corrected chi connectivity index (χ2v) is 7.25. The van der Waals surface area contributed by atoms with E-state index < -0.39 is 0 Å². The van der Waals surface area contributed by atoms with Gasteiger partial charge in [-0.2, -0.15) is 0 Å². The first kappa shape index (κ1) is 18.2. The molecule has 2 aromatic rings. The standard InChI is InChI=1S/C22H26N2O2/c1-16(14-18-10-6-4-7-11-18)15-20(25)24-21(17(2)23(3)22(24)26)19-12-8-5-9-13-19/h4-13,16-17,21H,14-15H2,1-3H3/t16-,17-,21-/m0/s1. The number of hydrogen-bond donors (Lipinski definition) is 0. The van der Waals surface area contributed by atoms with Gasteiger partial charge in [0.15, 0.2) is 0 Å². The van der Waals surface area contributed by atoms with Crippen molar-refractivity contribution in [1.29, 1.82) is 0 Å². The maximum Gasteiger partial charge on any atom is 0.327 e. The van der Waals surface area contributed by atoms with Crippen LogP contribution in [0.1, 0.15) is 37.4 Å². The first-order chi connectivity index (χ1) is 12.5. The molecule has 1 fully saturated rings. The number of rotatable bonds is 5. The van der Waals surface area contributed by atoms with E-state index in [2.05, 4.69) is 19.1 Å². The van der Waals surface area contributed by atoms with E-state index in [-0.39, 0.29) is 29.9 Å². The molecular formula is C22H26N2O2. The smallest absolute Gasteiger partial charge is 0.322 e. The van der Waals surface area contributed by atoms with E-state index in [0.717, 1.165) is 12.0 Å². The number of nitrogens with zero attached hydrogens (tertiary/aromatic N) is 2. The summed E-state index contributed by atoms with van der Waals surface area (Å²) in [7, 11) is 1.77. The molecule has 1 aliphatic heterocycles. The topological polar surface area (TPSA) is 40.6 Å². The molecule has 0 saturated carbocycles. The Morgan fingerprint density at radius 2 is 1.62 bits per heavy atom. The van der Waals surface area contributed by atoms with Crippen LogP contribution in [-0.2, 0) is 11.2 Å². The number of amides is 3. The average Bonchev–Trinajstić information content (AvgIpc) is 2.87. The number of carbonyl (C=O) groups excluding carboxylic acids is 2. The largest absolute Gasteiger partial charge is 0.327 e. The van der Waals surface area contributed by atoms with Crippen molar-refractivity contribution in [2.45, 2.75) is 38.8 Å². The summed E-state index contributed by atoms with van der Waals surface area (Å²) >= 11 is 0. The lowest BCUT2D eigenvalue weighted by molar-refractivity contribution is -0.130. The highest BCUT2D eigenvalue weighted by Gasteiger charge is 2.45. The maximum atomic E-state index is 13.0.